The second-order valence-corrected chi connectivity index (χ2v) is 4.00. The molecule has 0 fully saturated rings. The van der Waals surface area contributed by atoms with Crippen LogP contribution in [-0.4, -0.2) is 31.6 Å². The largest absolute Gasteiger partial charge is 0.388 e. The summed E-state index contributed by atoms with van der Waals surface area (Å²) in [6.45, 7) is -0.662. The Bertz CT molecular complexity index is 541. The van der Waals surface area contributed by atoms with Crippen molar-refractivity contribution in [2.45, 2.75) is 0 Å². The zero-order valence-corrected chi connectivity index (χ0v) is 10.2. The fourth-order valence-electron chi connectivity index (χ4n) is 2.14. The zero-order valence-electron chi connectivity index (χ0n) is 10.2. The van der Waals surface area contributed by atoms with Gasteiger partial charge in [-0.3, -0.25) is 4.79 Å². The molecule has 0 aliphatic carbocycles. The standard InChI is InChI=1S/C13H13N3O2/c1-15-10-5-3-4-6-11(10)16(2)13(15)9(7-14)12(18)8-17/h3-6,17H,8H2,1-2H3. The van der Waals surface area contributed by atoms with Crippen molar-refractivity contribution < 1.29 is 9.90 Å². The molecule has 0 amide bonds. The third-order valence-corrected chi connectivity index (χ3v) is 3.00. The Kier molecular flexibility index (Phi) is 3.04. The predicted octanol–water partition coefficient (Wildman–Crippen LogP) is 0.869. The van der Waals surface area contributed by atoms with E-state index in [2.05, 4.69) is 0 Å². The highest BCUT2D eigenvalue weighted by molar-refractivity contribution is 6.03. The van der Waals surface area contributed by atoms with Gasteiger partial charge in [-0.2, -0.15) is 5.26 Å². The summed E-state index contributed by atoms with van der Waals surface area (Å²) in [4.78, 5) is 15.1. The minimum atomic E-state index is -0.662. The summed E-state index contributed by atoms with van der Waals surface area (Å²) in [6.07, 6.45) is 0. The van der Waals surface area contributed by atoms with E-state index in [1.54, 1.807) is 23.9 Å². The number of aliphatic hydroxyl groups is 1. The number of carbonyl (C=O) groups excluding carboxylic acids is 1. The molecule has 1 aromatic carbocycles. The number of para-hydroxylation sites is 2. The van der Waals surface area contributed by atoms with E-state index in [9.17, 15) is 4.79 Å². The molecule has 0 aromatic heterocycles. The third-order valence-electron chi connectivity index (χ3n) is 3.00. The van der Waals surface area contributed by atoms with Gasteiger partial charge in [0.25, 0.3) is 0 Å². The summed E-state index contributed by atoms with van der Waals surface area (Å²) in [5.41, 5.74) is 1.82. The highest BCUT2D eigenvalue weighted by Gasteiger charge is 2.30. The van der Waals surface area contributed by atoms with Crippen molar-refractivity contribution in [2.24, 2.45) is 0 Å². The lowest BCUT2D eigenvalue weighted by molar-refractivity contribution is -0.117. The van der Waals surface area contributed by atoms with Crippen LogP contribution in [0.5, 0.6) is 0 Å². The van der Waals surface area contributed by atoms with E-state index in [0.29, 0.717) is 5.82 Å². The SMILES string of the molecule is CN1C(=C(C#N)C(=O)CO)N(C)c2ccccc21. The minimum absolute atomic E-state index is 0.0290. The molecule has 1 aliphatic rings. The molecule has 92 valence electrons. The predicted molar refractivity (Wildman–Crippen MR) is 68.0 cm³/mol. The van der Waals surface area contributed by atoms with Crippen molar-refractivity contribution in [1.82, 2.24) is 0 Å². The number of nitrogens with zero attached hydrogens (tertiary/aromatic N) is 3. The van der Waals surface area contributed by atoms with Gasteiger partial charge in [0, 0.05) is 14.1 Å². The molecule has 1 N–H and O–H groups in total. The number of Topliss-reactive ketones (excluding diaryl/α,β-unsaturated/α-hetero) is 1. The number of nitriles is 1. The fourth-order valence-corrected chi connectivity index (χ4v) is 2.14. The molecule has 0 unspecified atom stereocenters. The smallest absolute Gasteiger partial charge is 0.202 e. The first-order chi connectivity index (χ1) is 8.61. The number of aliphatic hydroxyl groups excluding tert-OH is 1. The first kappa shape index (κ1) is 12.1. The van der Waals surface area contributed by atoms with Crippen molar-refractivity contribution in [3.05, 3.63) is 35.7 Å². The third kappa shape index (κ3) is 1.63. The van der Waals surface area contributed by atoms with Gasteiger partial charge in [0.05, 0.1) is 11.4 Å². The fraction of sp³-hybridized carbons (Fsp3) is 0.231. The molecule has 0 radical (unpaired) electrons. The molecule has 5 nitrogen and oxygen atoms in total. The zero-order chi connectivity index (χ0) is 13.3. The number of rotatable bonds is 2. The second kappa shape index (κ2) is 4.51. The summed E-state index contributed by atoms with van der Waals surface area (Å²) in [5.74, 6) is -0.0724. The van der Waals surface area contributed by atoms with Crippen LogP contribution in [0.25, 0.3) is 0 Å². The number of ketones is 1. The quantitative estimate of drug-likeness (QED) is 0.616. The molecule has 0 atom stereocenters. The van der Waals surface area contributed by atoms with Crippen LogP contribution in [0, 0.1) is 11.3 Å². The van der Waals surface area contributed by atoms with E-state index in [1.807, 2.05) is 30.3 Å². The summed E-state index contributed by atoms with van der Waals surface area (Å²) >= 11 is 0. The van der Waals surface area contributed by atoms with Gasteiger partial charge in [0.15, 0.2) is 0 Å². The van der Waals surface area contributed by atoms with Crippen molar-refractivity contribution in [3.8, 4) is 6.07 Å². The number of anilines is 2. The summed E-state index contributed by atoms with van der Waals surface area (Å²) < 4.78 is 0. The highest BCUT2D eigenvalue weighted by atomic mass is 16.3. The number of fused-ring (bicyclic) bond motifs is 1. The topological polar surface area (TPSA) is 67.6 Å². The van der Waals surface area contributed by atoms with Crippen LogP contribution < -0.4 is 9.80 Å². The van der Waals surface area contributed by atoms with Gasteiger partial charge in [-0.1, -0.05) is 12.1 Å². The molecular weight excluding hydrogens is 230 g/mol. The van der Waals surface area contributed by atoms with Gasteiger partial charge in [-0.15, -0.1) is 0 Å². The maximum Gasteiger partial charge on any atom is 0.202 e. The Morgan fingerprint density at radius 3 is 2.17 bits per heavy atom. The maximum atomic E-state index is 11.6. The van der Waals surface area contributed by atoms with E-state index >= 15 is 0 Å². The van der Waals surface area contributed by atoms with Crippen molar-refractivity contribution in [3.63, 3.8) is 0 Å². The molecule has 0 saturated heterocycles. The number of hydrogen-bond acceptors (Lipinski definition) is 5. The Morgan fingerprint density at radius 2 is 1.78 bits per heavy atom. The maximum absolute atomic E-state index is 11.6. The number of hydrogen-bond donors (Lipinski definition) is 1. The lowest BCUT2D eigenvalue weighted by Crippen LogP contribution is -2.27. The van der Waals surface area contributed by atoms with E-state index < -0.39 is 12.4 Å². The van der Waals surface area contributed by atoms with E-state index in [1.165, 1.54) is 0 Å². The monoisotopic (exact) mass is 243 g/mol. The summed E-state index contributed by atoms with van der Waals surface area (Å²) in [6, 6.07) is 9.49. The molecule has 2 rings (SSSR count). The molecular formula is C13H13N3O2. The highest BCUT2D eigenvalue weighted by Crippen LogP contribution is 2.40. The van der Waals surface area contributed by atoms with Crippen molar-refractivity contribution in [1.29, 1.82) is 5.26 Å². The average Bonchev–Trinajstić information content (AvgIpc) is 2.65. The van der Waals surface area contributed by atoms with Crippen LogP contribution in [0.2, 0.25) is 0 Å². The van der Waals surface area contributed by atoms with Gasteiger partial charge in [-0.05, 0) is 12.1 Å². The Hall–Kier alpha value is -2.32. The molecule has 0 saturated carbocycles. The van der Waals surface area contributed by atoms with E-state index in [-0.39, 0.29) is 5.57 Å². The number of benzene rings is 1. The summed E-state index contributed by atoms with van der Waals surface area (Å²) in [5, 5.41) is 18.0. The summed E-state index contributed by atoms with van der Waals surface area (Å²) in [7, 11) is 3.58. The average molecular weight is 243 g/mol. The molecule has 1 aromatic rings. The molecule has 18 heavy (non-hydrogen) atoms. The van der Waals surface area contributed by atoms with Crippen LogP contribution in [0.4, 0.5) is 11.4 Å². The van der Waals surface area contributed by atoms with E-state index in [4.69, 9.17) is 10.4 Å². The van der Waals surface area contributed by atoms with Crippen LogP contribution >= 0.6 is 0 Å². The first-order valence-electron chi connectivity index (χ1n) is 5.46. The van der Waals surface area contributed by atoms with Gasteiger partial charge in [0.1, 0.15) is 24.1 Å². The normalized spacial score (nSPS) is 13.3. The van der Waals surface area contributed by atoms with Crippen LogP contribution in [-0.2, 0) is 4.79 Å². The van der Waals surface area contributed by atoms with E-state index in [0.717, 1.165) is 11.4 Å². The molecule has 5 heteroatoms. The van der Waals surface area contributed by atoms with Crippen LogP contribution in [0.3, 0.4) is 0 Å². The Labute approximate surface area is 105 Å². The van der Waals surface area contributed by atoms with Gasteiger partial charge < -0.3 is 14.9 Å². The molecule has 0 bridgehead atoms. The van der Waals surface area contributed by atoms with Crippen molar-refractivity contribution >= 4 is 17.2 Å². The number of carbonyl (C=O) groups is 1. The van der Waals surface area contributed by atoms with Crippen molar-refractivity contribution in [2.75, 3.05) is 30.5 Å². The lowest BCUT2D eigenvalue weighted by Gasteiger charge is -2.19. The van der Waals surface area contributed by atoms with Gasteiger partial charge in [-0.25, -0.2) is 0 Å². The van der Waals surface area contributed by atoms with Crippen LogP contribution in [0.1, 0.15) is 0 Å². The second-order valence-electron chi connectivity index (χ2n) is 4.00. The Balaban J connectivity index is 2.60. The Morgan fingerprint density at radius 1 is 1.28 bits per heavy atom. The molecule has 0 spiro atoms. The first-order valence-corrected chi connectivity index (χ1v) is 5.46. The lowest BCUT2D eigenvalue weighted by atomic mass is 10.2. The molecule has 1 aliphatic heterocycles. The van der Waals surface area contributed by atoms with Gasteiger partial charge in [0.2, 0.25) is 5.78 Å². The molecule has 1 heterocycles. The van der Waals surface area contributed by atoms with Crippen LogP contribution in [0.15, 0.2) is 35.7 Å². The van der Waals surface area contributed by atoms with Gasteiger partial charge >= 0.3 is 0 Å². The minimum Gasteiger partial charge on any atom is -0.388 e.